The van der Waals surface area contributed by atoms with E-state index in [0.29, 0.717) is 50.2 Å². The minimum absolute atomic E-state index is 0.162. The van der Waals surface area contributed by atoms with Gasteiger partial charge in [-0.1, -0.05) is 30.3 Å². The van der Waals surface area contributed by atoms with Gasteiger partial charge in [0.05, 0.1) is 37.8 Å². The molecule has 1 fully saturated rings. The fourth-order valence-corrected chi connectivity index (χ4v) is 4.45. The van der Waals surface area contributed by atoms with Gasteiger partial charge in [0.15, 0.2) is 0 Å². The van der Waals surface area contributed by atoms with Crippen LogP contribution >= 0.6 is 0 Å². The van der Waals surface area contributed by atoms with Crippen molar-refractivity contribution in [2.75, 3.05) is 26.4 Å². The molecule has 3 aromatic rings. The molecule has 180 valence electrons. The van der Waals surface area contributed by atoms with E-state index in [9.17, 15) is 0 Å². The summed E-state index contributed by atoms with van der Waals surface area (Å²) in [5, 5.41) is 0. The molecule has 3 atom stereocenters. The molecule has 0 aliphatic heterocycles. The standard InChI is InChI=1S/C26H32N4O4/c1-5-31-22-15-20(27-25(29-22)33-7-3)18-14-19(24(18)17-12-10-9-11-13-17)21-16-23(32-6-2)30-26(28-21)34-8-4/h9-13,15-16,18-19,24H,5-8,14H2,1-4H3/t18-,19+,24?. The summed E-state index contributed by atoms with van der Waals surface area (Å²) in [6.45, 7) is 9.76. The van der Waals surface area contributed by atoms with Gasteiger partial charge in [-0.15, -0.1) is 0 Å². The average Bonchev–Trinajstić information content (AvgIpc) is 2.80. The Hall–Kier alpha value is -3.42. The predicted octanol–water partition coefficient (Wildman–Crippen LogP) is 4.92. The highest BCUT2D eigenvalue weighted by atomic mass is 16.5. The molecule has 2 heterocycles. The first-order chi connectivity index (χ1) is 16.7. The minimum atomic E-state index is 0.162. The summed E-state index contributed by atoms with van der Waals surface area (Å²) in [5.74, 6) is 1.56. The highest BCUT2D eigenvalue weighted by Crippen LogP contribution is 2.58. The van der Waals surface area contributed by atoms with Crippen LogP contribution in [0.1, 0.15) is 68.8 Å². The second-order valence-corrected chi connectivity index (χ2v) is 7.94. The molecule has 1 aliphatic rings. The summed E-state index contributed by atoms with van der Waals surface area (Å²) in [7, 11) is 0. The largest absolute Gasteiger partial charge is 0.478 e. The highest BCUT2D eigenvalue weighted by molar-refractivity contribution is 5.39. The zero-order valence-corrected chi connectivity index (χ0v) is 20.2. The van der Waals surface area contributed by atoms with Crippen molar-refractivity contribution in [1.82, 2.24) is 19.9 Å². The van der Waals surface area contributed by atoms with Crippen LogP contribution < -0.4 is 18.9 Å². The van der Waals surface area contributed by atoms with Gasteiger partial charge in [-0.25, -0.2) is 0 Å². The van der Waals surface area contributed by atoms with E-state index in [4.69, 9.17) is 28.9 Å². The Morgan fingerprint density at radius 3 is 1.56 bits per heavy atom. The summed E-state index contributed by atoms with van der Waals surface area (Å²) in [5.41, 5.74) is 3.06. The molecule has 1 aliphatic carbocycles. The summed E-state index contributed by atoms with van der Waals surface area (Å²) < 4.78 is 22.7. The van der Waals surface area contributed by atoms with Crippen LogP contribution in [0.15, 0.2) is 42.5 Å². The van der Waals surface area contributed by atoms with Gasteiger partial charge in [-0.05, 0) is 39.7 Å². The lowest BCUT2D eigenvalue weighted by molar-refractivity contribution is 0.250. The molecule has 1 unspecified atom stereocenters. The van der Waals surface area contributed by atoms with Crippen molar-refractivity contribution >= 4 is 0 Å². The SMILES string of the molecule is CCOc1cc([C@H]2C[C@@H](c3cc(OCC)nc(OCC)n3)C2c2ccccc2)nc(OCC)n1. The molecule has 0 spiro atoms. The third-order valence-electron chi connectivity index (χ3n) is 5.85. The average molecular weight is 465 g/mol. The third kappa shape index (κ3) is 5.21. The van der Waals surface area contributed by atoms with Crippen LogP contribution in [-0.4, -0.2) is 46.4 Å². The van der Waals surface area contributed by atoms with Crippen molar-refractivity contribution in [2.45, 2.75) is 51.9 Å². The molecule has 1 saturated carbocycles. The molecule has 0 radical (unpaired) electrons. The molecule has 0 amide bonds. The summed E-state index contributed by atoms with van der Waals surface area (Å²) >= 11 is 0. The summed E-state index contributed by atoms with van der Waals surface area (Å²) in [6.07, 6.45) is 0.863. The van der Waals surface area contributed by atoms with E-state index in [1.165, 1.54) is 5.56 Å². The van der Waals surface area contributed by atoms with Crippen molar-refractivity contribution in [3.63, 3.8) is 0 Å². The van der Waals surface area contributed by atoms with Gasteiger partial charge in [0.25, 0.3) is 0 Å². The fourth-order valence-electron chi connectivity index (χ4n) is 4.45. The van der Waals surface area contributed by atoms with Crippen LogP contribution in [-0.2, 0) is 0 Å². The van der Waals surface area contributed by atoms with Crippen molar-refractivity contribution < 1.29 is 18.9 Å². The second-order valence-electron chi connectivity index (χ2n) is 7.94. The van der Waals surface area contributed by atoms with Crippen LogP contribution in [0.5, 0.6) is 23.8 Å². The lowest BCUT2D eigenvalue weighted by Crippen LogP contribution is -2.33. The Kier molecular flexibility index (Phi) is 7.77. The van der Waals surface area contributed by atoms with E-state index in [-0.39, 0.29) is 17.8 Å². The smallest absolute Gasteiger partial charge is 0.319 e. The van der Waals surface area contributed by atoms with E-state index in [1.54, 1.807) is 0 Å². The number of aromatic nitrogens is 4. The Balaban J connectivity index is 1.73. The molecular weight excluding hydrogens is 432 g/mol. The number of benzene rings is 1. The van der Waals surface area contributed by atoms with Crippen molar-refractivity contribution in [1.29, 1.82) is 0 Å². The van der Waals surface area contributed by atoms with Crippen LogP contribution in [0.3, 0.4) is 0 Å². The maximum absolute atomic E-state index is 5.71. The molecule has 1 aromatic carbocycles. The predicted molar refractivity (Wildman–Crippen MR) is 128 cm³/mol. The van der Waals surface area contributed by atoms with Crippen LogP contribution in [0.25, 0.3) is 0 Å². The first kappa shape index (κ1) is 23.7. The molecule has 34 heavy (non-hydrogen) atoms. The maximum atomic E-state index is 5.71. The first-order valence-corrected chi connectivity index (χ1v) is 12.0. The van der Waals surface area contributed by atoms with Gasteiger partial charge in [0.1, 0.15) is 0 Å². The van der Waals surface area contributed by atoms with Gasteiger partial charge in [-0.3, -0.25) is 0 Å². The monoisotopic (exact) mass is 464 g/mol. The number of nitrogens with zero attached hydrogens (tertiary/aromatic N) is 4. The van der Waals surface area contributed by atoms with E-state index < -0.39 is 0 Å². The van der Waals surface area contributed by atoms with Crippen molar-refractivity contribution in [2.24, 2.45) is 0 Å². The van der Waals surface area contributed by atoms with Crippen molar-refractivity contribution in [3.8, 4) is 23.8 Å². The van der Waals surface area contributed by atoms with Gasteiger partial charge in [0.2, 0.25) is 11.8 Å². The molecule has 2 aromatic heterocycles. The zero-order valence-electron chi connectivity index (χ0n) is 20.2. The van der Waals surface area contributed by atoms with Crippen molar-refractivity contribution in [3.05, 3.63) is 59.4 Å². The van der Waals surface area contributed by atoms with Gasteiger partial charge in [0, 0.05) is 29.9 Å². The minimum Gasteiger partial charge on any atom is -0.478 e. The molecule has 0 N–H and O–H groups in total. The first-order valence-electron chi connectivity index (χ1n) is 12.0. The molecule has 0 saturated heterocycles. The van der Waals surface area contributed by atoms with E-state index >= 15 is 0 Å². The number of rotatable bonds is 11. The van der Waals surface area contributed by atoms with E-state index in [1.807, 2.05) is 45.9 Å². The van der Waals surface area contributed by atoms with Gasteiger partial charge < -0.3 is 18.9 Å². The number of ether oxygens (including phenoxy) is 4. The summed E-state index contributed by atoms with van der Waals surface area (Å²) in [4.78, 5) is 18.2. The van der Waals surface area contributed by atoms with Crippen LogP contribution in [0.2, 0.25) is 0 Å². The van der Waals surface area contributed by atoms with E-state index in [2.05, 4.69) is 34.2 Å². The lowest BCUT2D eigenvalue weighted by atomic mass is 9.59. The molecule has 8 heteroatoms. The number of hydrogen-bond donors (Lipinski definition) is 0. The Bertz CT molecular complexity index is 966. The Labute approximate surface area is 200 Å². The fraction of sp³-hybridized carbons (Fsp3) is 0.462. The van der Waals surface area contributed by atoms with Gasteiger partial charge >= 0.3 is 12.0 Å². The Morgan fingerprint density at radius 1 is 0.647 bits per heavy atom. The zero-order chi connectivity index (χ0) is 23.9. The molecule has 8 nitrogen and oxygen atoms in total. The highest BCUT2D eigenvalue weighted by Gasteiger charge is 2.46. The normalized spacial score (nSPS) is 19.2. The maximum Gasteiger partial charge on any atom is 0.319 e. The van der Waals surface area contributed by atoms with E-state index in [0.717, 1.165) is 17.8 Å². The quantitative estimate of drug-likeness (QED) is 0.395. The van der Waals surface area contributed by atoms with Crippen LogP contribution in [0.4, 0.5) is 0 Å². The second kappa shape index (κ2) is 11.1. The van der Waals surface area contributed by atoms with Gasteiger partial charge in [-0.2, -0.15) is 19.9 Å². The topological polar surface area (TPSA) is 88.5 Å². The number of hydrogen-bond acceptors (Lipinski definition) is 8. The van der Waals surface area contributed by atoms with Crippen LogP contribution in [0, 0.1) is 0 Å². The Morgan fingerprint density at radius 2 is 1.12 bits per heavy atom. The lowest BCUT2D eigenvalue weighted by Gasteiger charge is -2.44. The molecule has 4 rings (SSSR count). The summed E-state index contributed by atoms with van der Waals surface area (Å²) in [6, 6.07) is 15.0. The molecule has 0 bridgehead atoms. The molecular formula is C26H32N4O4. The third-order valence-corrected chi connectivity index (χ3v) is 5.85.